The summed E-state index contributed by atoms with van der Waals surface area (Å²) in [5, 5.41) is 4.13. The van der Waals surface area contributed by atoms with Crippen molar-refractivity contribution >= 4 is 23.6 Å². The number of benzene rings is 1. The molecule has 0 unspecified atom stereocenters. The van der Waals surface area contributed by atoms with Crippen LogP contribution in [0.2, 0.25) is 0 Å². The van der Waals surface area contributed by atoms with Crippen LogP contribution in [0.25, 0.3) is 0 Å². The molecule has 6 nitrogen and oxygen atoms in total. The quantitative estimate of drug-likeness (QED) is 0.633. The molecule has 0 aliphatic heterocycles. The fourth-order valence-electron chi connectivity index (χ4n) is 1.92. The zero-order valence-corrected chi connectivity index (χ0v) is 13.9. The van der Waals surface area contributed by atoms with Crippen molar-refractivity contribution in [2.24, 2.45) is 0 Å². The number of hydrogen-bond donors (Lipinski definition) is 2. The van der Waals surface area contributed by atoms with E-state index in [2.05, 4.69) is 16.0 Å². The number of rotatable bonds is 5. The SMILES string of the molecule is Cc1cc(C)n(CC(=O)NNC(=O)CSc2cc(F)ccc2F)n1. The van der Waals surface area contributed by atoms with Crippen LogP contribution in [0.15, 0.2) is 29.2 Å². The Morgan fingerprint density at radius 2 is 1.88 bits per heavy atom. The molecule has 0 saturated carbocycles. The molecule has 24 heavy (non-hydrogen) atoms. The van der Waals surface area contributed by atoms with Crippen LogP contribution in [-0.2, 0) is 16.1 Å². The van der Waals surface area contributed by atoms with Gasteiger partial charge in [0.15, 0.2) is 0 Å². The van der Waals surface area contributed by atoms with E-state index < -0.39 is 23.4 Å². The Morgan fingerprint density at radius 1 is 1.17 bits per heavy atom. The van der Waals surface area contributed by atoms with Crippen LogP contribution in [0, 0.1) is 25.5 Å². The first-order valence-electron chi connectivity index (χ1n) is 7.01. The minimum Gasteiger partial charge on any atom is -0.272 e. The maximum atomic E-state index is 13.4. The molecular formula is C15H16F2N4O2S. The summed E-state index contributed by atoms with van der Waals surface area (Å²) in [4.78, 5) is 23.4. The van der Waals surface area contributed by atoms with Crippen LogP contribution in [0.4, 0.5) is 8.78 Å². The van der Waals surface area contributed by atoms with Crippen molar-refractivity contribution in [1.82, 2.24) is 20.6 Å². The van der Waals surface area contributed by atoms with Crippen molar-refractivity contribution in [3.8, 4) is 0 Å². The van der Waals surface area contributed by atoms with Crippen LogP contribution in [0.1, 0.15) is 11.4 Å². The van der Waals surface area contributed by atoms with Crippen LogP contribution in [0.3, 0.4) is 0 Å². The first-order chi connectivity index (χ1) is 11.3. The van der Waals surface area contributed by atoms with Gasteiger partial charge in [-0.15, -0.1) is 11.8 Å². The highest BCUT2D eigenvalue weighted by atomic mass is 32.2. The molecule has 1 aromatic heterocycles. The van der Waals surface area contributed by atoms with Gasteiger partial charge in [-0.1, -0.05) is 0 Å². The van der Waals surface area contributed by atoms with E-state index in [0.29, 0.717) is 0 Å². The number of hydrazine groups is 1. The van der Waals surface area contributed by atoms with Crippen molar-refractivity contribution in [2.75, 3.05) is 5.75 Å². The standard InChI is InChI=1S/C15H16F2N4O2S/c1-9-5-10(2)21(20-9)7-14(22)18-19-15(23)8-24-13-6-11(16)3-4-12(13)17/h3-6H,7-8H2,1-2H3,(H,18,22)(H,19,23). The van der Waals surface area contributed by atoms with E-state index in [0.717, 1.165) is 41.3 Å². The predicted molar refractivity (Wildman–Crippen MR) is 85.1 cm³/mol. The number of nitrogens with one attached hydrogen (secondary N) is 2. The number of amides is 2. The Balaban J connectivity index is 1.77. The van der Waals surface area contributed by atoms with Crippen molar-refractivity contribution in [3.05, 3.63) is 47.3 Å². The highest BCUT2D eigenvalue weighted by Crippen LogP contribution is 2.22. The summed E-state index contributed by atoms with van der Waals surface area (Å²) in [6, 6.07) is 4.83. The molecule has 0 aliphatic carbocycles. The van der Waals surface area contributed by atoms with Crippen LogP contribution < -0.4 is 10.9 Å². The minimum absolute atomic E-state index is 0.0270. The first kappa shape index (κ1) is 17.9. The van der Waals surface area contributed by atoms with E-state index in [1.54, 1.807) is 0 Å². The molecule has 0 saturated heterocycles. The van der Waals surface area contributed by atoms with E-state index in [4.69, 9.17) is 0 Å². The molecule has 9 heteroatoms. The molecule has 0 atom stereocenters. The third kappa shape index (κ3) is 5.05. The smallest absolute Gasteiger partial charge is 0.260 e. The molecule has 2 amide bonds. The number of halogens is 2. The van der Waals surface area contributed by atoms with Crippen molar-refractivity contribution in [1.29, 1.82) is 0 Å². The second-order valence-electron chi connectivity index (χ2n) is 5.04. The molecule has 2 rings (SSSR count). The van der Waals surface area contributed by atoms with E-state index in [9.17, 15) is 18.4 Å². The van der Waals surface area contributed by atoms with E-state index >= 15 is 0 Å². The van der Waals surface area contributed by atoms with Crippen molar-refractivity contribution < 1.29 is 18.4 Å². The molecule has 2 aromatic rings. The average molecular weight is 354 g/mol. The largest absolute Gasteiger partial charge is 0.272 e. The van der Waals surface area contributed by atoms with Gasteiger partial charge < -0.3 is 0 Å². The molecule has 0 spiro atoms. The Bertz CT molecular complexity index is 764. The molecule has 1 aromatic carbocycles. The van der Waals surface area contributed by atoms with Gasteiger partial charge in [-0.3, -0.25) is 25.1 Å². The molecule has 0 bridgehead atoms. The van der Waals surface area contributed by atoms with Crippen LogP contribution >= 0.6 is 11.8 Å². The first-order valence-corrected chi connectivity index (χ1v) is 8.00. The topological polar surface area (TPSA) is 76.0 Å². The fraction of sp³-hybridized carbons (Fsp3) is 0.267. The third-order valence-electron chi connectivity index (χ3n) is 2.99. The van der Waals surface area contributed by atoms with Gasteiger partial charge in [-0.05, 0) is 38.1 Å². The van der Waals surface area contributed by atoms with Crippen molar-refractivity contribution in [2.45, 2.75) is 25.3 Å². The number of carbonyl (C=O) groups excluding carboxylic acids is 2. The number of aryl methyl sites for hydroxylation is 2. The normalized spacial score (nSPS) is 10.5. The second kappa shape index (κ2) is 7.91. The van der Waals surface area contributed by atoms with Gasteiger partial charge in [0.2, 0.25) is 5.91 Å². The Morgan fingerprint density at radius 3 is 2.54 bits per heavy atom. The fourth-order valence-corrected chi connectivity index (χ4v) is 2.68. The van der Waals surface area contributed by atoms with Gasteiger partial charge in [0, 0.05) is 10.6 Å². The Labute approximate surface area is 141 Å². The molecule has 2 N–H and O–H groups in total. The van der Waals surface area contributed by atoms with E-state index in [1.165, 1.54) is 4.68 Å². The predicted octanol–water partition coefficient (Wildman–Crippen LogP) is 1.72. The third-order valence-corrected chi connectivity index (χ3v) is 4.02. The molecule has 0 fully saturated rings. The van der Waals surface area contributed by atoms with E-state index in [1.807, 2.05) is 19.9 Å². The Kier molecular flexibility index (Phi) is 5.91. The summed E-state index contributed by atoms with van der Waals surface area (Å²) in [6.45, 7) is 3.59. The van der Waals surface area contributed by atoms with Crippen molar-refractivity contribution in [3.63, 3.8) is 0 Å². The van der Waals surface area contributed by atoms with Gasteiger partial charge in [-0.2, -0.15) is 5.10 Å². The number of nitrogens with zero attached hydrogens (tertiary/aromatic N) is 2. The van der Waals surface area contributed by atoms with Gasteiger partial charge in [-0.25, -0.2) is 8.78 Å². The monoisotopic (exact) mass is 354 g/mol. The lowest BCUT2D eigenvalue weighted by Crippen LogP contribution is -2.44. The van der Waals surface area contributed by atoms with Crippen LogP contribution in [-0.4, -0.2) is 27.3 Å². The maximum absolute atomic E-state index is 13.4. The summed E-state index contributed by atoms with van der Waals surface area (Å²) in [5.74, 6) is -2.34. The van der Waals surface area contributed by atoms with Gasteiger partial charge in [0.25, 0.3) is 5.91 Å². The zero-order valence-electron chi connectivity index (χ0n) is 13.1. The molecule has 128 valence electrons. The summed E-state index contributed by atoms with van der Waals surface area (Å²) >= 11 is 0.835. The van der Waals surface area contributed by atoms with Gasteiger partial charge in [0.05, 0.1) is 11.4 Å². The lowest BCUT2D eigenvalue weighted by atomic mass is 10.3. The number of aromatic nitrogens is 2. The van der Waals surface area contributed by atoms with Crippen LogP contribution in [0.5, 0.6) is 0 Å². The van der Waals surface area contributed by atoms with Gasteiger partial charge in [0.1, 0.15) is 18.2 Å². The average Bonchev–Trinajstić information content (AvgIpc) is 2.83. The number of thioether (sulfide) groups is 1. The number of hydrogen-bond acceptors (Lipinski definition) is 4. The Hall–Kier alpha value is -2.42. The zero-order chi connectivity index (χ0) is 17.7. The second-order valence-corrected chi connectivity index (χ2v) is 6.06. The molecule has 0 radical (unpaired) electrons. The van der Waals surface area contributed by atoms with Gasteiger partial charge >= 0.3 is 0 Å². The lowest BCUT2D eigenvalue weighted by Gasteiger charge is -2.08. The summed E-state index contributed by atoms with van der Waals surface area (Å²) in [6.07, 6.45) is 0. The highest BCUT2D eigenvalue weighted by molar-refractivity contribution is 8.00. The highest BCUT2D eigenvalue weighted by Gasteiger charge is 2.10. The van der Waals surface area contributed by atoms with E-state index in [-0.39, 0.29) is 17.2 Å². The number of carbonyl (C=O) groups is 2. The molecule has 0 aliphatic rings. The summed E-state index contributed by atoms with van der Waals surface area (Å²) in [5.41, 5.74) is 6.08. The molecular weight excluding hydrogens is 338 g/mol. The summed E-state index contributed by atoms with van der Waals surface area (Å²) in [7, 11) is 0. The minimum atomic E-state index is -0.609. The summed E-state index contributed by atoms with van der Waals surface area (Å²) < 4.78 is 27.9. The maximum Gasteiger partial charge on any atom is 0.260 e. The lowest BCUT2D eigenvalue weighted by molar-refractivity contribution is -0.128. The molecule has 1 heterocycles.